The van der Waals surface area contributed by atoms with Crippen LogP contribution in [0.2, 0.25) is 0 Å². The normalized spacial score (nSPS) is 23.4. The molecule has 40 heavy (non-hydrogen) atoms. The molecule has 2 fully saturated rings. The summed E-state index contributed by atoms with van der Waals surface area (Å²) in [5.74, 6) is 0.00556. The smallest absolute Gasteiger partial charge is 0.460 e. The topological polar surface area (TPSA) is 57.1 Å². The highest BCUT2D eigenvalue weighted by Gasteiger charge is 2.51. The van der Waals surface area contributed by atoms with Gasteiger partial charge in [0.2, 0.25) is 0 Å². The standard InChI is InChI=1S/C34H40BNO4/c1-32(2,3)38-31(37)28-10-8-9-27(28)30-20-25-18-23(14-16-29(25)36-30)21-11-12-24-19-26(15-13-22(24)17-21)35-39-33(4,5)34(6,7)40-35/h11-19,27-28H,8-10,20H2,1-7H3/t27-,28?/m1/s1. The summed E-state index contributed by atoms with van der Waals surface area (Å²) in [7, 11) is -0.366. The summed E-state index contributed by atoms with van der Waals surface area (Å²) in [5.41, 5.74) is 5.62. The number of fused-ring (bicyclic) bond motifs is 2. The summed E-state index contributed by atoms with van der Waals surface area (Å²) in [4.78, 5) is 17.9. The second-order valence-corrected chi connectivity index (χ2v) is 13.7. The van der Waals surface area contributed by atoms with Crippen LogP contribution < -0.4 is 5.46 Å². The molecule has 6 rings (SSSR count). The van der Waals surface area contributed by atoms with Crippen LogP contribution >= 0.6 is 0 Å². The van der Waals surface area contributed by atoms with E-state index < -0.39 is 5.60 Å². The third kappa shape index (κ3) is 5.01. The number of aliphatic imine (C=N–C) groups is 1. The Bertz CT molecular complexity index is 1500. The maximum Gasteiger partial charge on any atom is 0.494 e. The van der Waals surface area contributed by atoms with Gasteiger partial charge in [0.05, 0.1) is 22.8 Å². The Hall–Kier alpha value is -2.96. The molecule has 0 spiro atoms. The van der Waals surface area contributed by atoms with Crippen molar-refractivity contribution in [2.45, 2.75) is 91.0 Å². The number of rotatable bonds is 4. The largest absolute Gasteiger partial charge is 0.494 e. The average molecular weight is 538 g/mol. The Morgan fingerprint density at radius 2 is 1.55 bits per heavy atom. The van der Waals surface area contributed by atoms with Crippen LogP contribution in [0, 0.1) is 11.8 Å². The molecule has 3 aromatic rings. The van der Waals surface area contributed by atoms with Gasteiger partial charge in [0.15, 0.2) is 0 Å². The van der Waals surface area contributed by atoms with Crippen LogP contribution in [0.1, 0.15) is 73.3 Å². The quantitative estimate of drug-likeness (QED) is 0.261. The second-order valence-electron chi connectivity index (χ2n) is 13.7. The van der Waals surface area contributed by atoms with Gasteiger partial charge in [0, 0.05) is 18.1 Å². The number of hydrogen-bond donors (Lipinski definition) is 0. The summed E-state index contributed by atoms with van der Waals surface area (Å²) in [6.45, 7) is 14.1. The molecule has 0 bridgehead atoms. The Labute approximate surface area is 238 Å². The first-order chi connectivity index (χ1) is 18.8. The summed E-state index contributed by atoms with van der Waals surface area (Å²) in [5, 5.41) is 2.35. The molecule has 3 aliphatic rings. The molecule has 208 valence electrons. The van der Waals surface area contributed by atoms with Gasteiger partial charge in [-0.15, -0.1) is 0 Å². The number of benzene rings is 3. The van der Waals surface area contributed by atoms with E-state index >= 15 is 0 Å². The van der Waals surface area contributed by atoms with Crippen molar-refractivity contribution in [1.29, 1.82) is 0 Å². The first-order valence-corrected chi connectivity index (χ1v) is 14.6. The van der Waals surface area contributed by atoms with E-state index in [1.54, 1.807) is 0 Å². The van der Waals surface area contributed by atoms with E-state index in [-0.39, 0.29) is 36.1 Å². The van der Waals surface area contributed by atoms with Gasteiger partial charge < -0.3 is 14.0 Å². The fourth-order valence-electron chi connectivity index (χ4n) is 6.21. The van der Waals surface area contributed by atoms with Gasteiger partial charge in [-0.3, -0.25) is 9.79 Å². The number of hydrogen-bond acceptors (Lipinski definition) is 5. The molecule has 0 N–H and O–H groups in total. The van der Waals surface area contributed by atoms with E-state index in [9.17, 15) is 4.79 Å². The minimum atomic E-state index is -0.465. The summed E-state index contributed by atoms with van der Waals surface area (Å²) >= 11 is 0. The fourth-order valence-corrected chi connectivity index (χ4v) is 6.21. The molecule has 1 aliphatic carbocycles. The molecule has 5 nitrogen and oxygen atoms in total. The third-order valence-electron chi connectivity index (χ3n) is 9.09. The minimum absolute atomic E-state index is 0.0767. The molecule has 0 amide bonds. The average Bonchev–Trinajstić information content (AvgIpc) is 3.57. The molecule has 2 heterocycles. The van der Waals surface area contributed by atoms with Crippen molar-refractivity contribution in [3.8, 4) is 11.1 Å². The maximum absolute atomic E-state index is 12.9. The van der Waals surface area contributed by atoms with E-state index in [0.29, 0.717) is 0 Å². The molecule has 1 unspecified atom stereocenters. The van der Waals surface area contributed by atoms with Crippen molar-refractivity contribution in [2.24, 2.45) is 16.8 Å². The number of esters is 1. The number of ether oxygens (including phenoxy) is 1. The van der Waals surface area contributed by atoms with Crippen molar-refractivity contribution in [2.75, 3.05) is 0 Å². The van der Waals surface area contributed by atoms with Crippen LogP contribution in [0.4, 0.5) is 5.69 Å². The summed E-state index contributed by atoms with van der Waals surface area (Å²) in [6.07, 6.45) is 3.73. The van der Waals surface area contributed by atoms with Crippen LogP contribution in [0.25, 0.3) is 21.9 Å². The van der Waals surface area contributed by atoms with Crippen molar-refractivity contribution in [3.63, 3.8) is 0 Å². The lowest BCUT2D eigenvalue weighted by Gasteiger charge is -2.32. The zero-order valence-electron chi connectivity index (χ0n) is 24.8. The molecule has 2 aliphatic heterocycles. The molecule has 0 aromatic heterocycles. The lowest BCUT2D eigenvalue weighted by Crippen LogP contribution is -2.41. The fraction of sp³-hybridized carbons (Fsp3) is 0.471. The van der Waals surface area contributed by atoms with E-state index in [2.05, 4.69) is 82.3 Å². The SMILES string of the molecule is CC(C)(C)OC(=O)C1CCC[C@H]1C1=Nc2ccc(-c3ccc4cc(B5OC(C)(C)C(C)(C)O5)ccc4c3)cc2C1. The van der Waals surface area contributed by atoms with Crippen molar-refractivity contribution in [1.82, 2.24) is 0 Å². The number of nitrogens with zero attached hydrogens (tertiary/aromatic N) is 1. The van der Waals surface area contributed by atoms with Gasteiger partial charge in [-0.05, 0) is 112 Å². The number of carbonyl (C=O) groups excluding carboxylic acids is 1. The minimum Gasteiger partial charge on any atom is -0.460 e. The van der Waals surface area contributed by atoms with Crippen LogP contribution in [0.15, 0.2) is 59.6 Å². The van der Waals surface area contributed by atoms with Crippen LogP contribution in [0.5, 0.6) is 0 Å². The zero-order chi connectivity index (χ0) is 28.4. The Kier molecular flexibility index (Phi) is 6.51. The molecular weight excluding hydrogens is 497 g/mol. The number of carbonyl (C=O) groups is 1. The van der Waals surface area contributed by atoms with Crippen LogP contribution in [-0.4, -0.2) is 35.6 Å². The van der Waals surface area contributed by atoms with Gasteiger partial charge in [-0.2, -0.15) is 0 Å². The van der Waals surface area contributed by atoms with Gasteiger partial charge >= 0.3 is 13.1 Å². The van der Waals surface area contributed by atoms with Crippen molar-refractivity contribution < 1.29 is 18.8 Å². The molecule has 0 radical (unpaired) electrons. The van der Waals surface area contributed by atoms with E-state index in [1.807, 2.05) is 20.8 Å². The van der Waals surface area contributed by atoms with Crippen LogP contribution in [0.3, 0.4) is 0 Å². The third-order valence-corrected chi connectivity index (χ3v) is 9.09. The molecule has 1 saturated heterocycles. The van der Waals surface area contributed by atoms with Crippen molar-refractivity contribution in [3.05, 3.63) is 60.2 Å². The highest BCUT2D eigenvalue weighted by molar-refractivity contribution is 6.62. The highest BCUT2D eigenvalue weighted by atomic mass is 16.7. The predicted molar refractivity (Wildman–Crippen MR) is 163 cm³/mol. The molecular formula is C34H40BNO4. The lowest BCUT2D eigenvalue weighted by molar-refractivity contribution is -0.160. The Balaban J connectivity index is 1.19. The Morgan fingerprint density at radius 3 is 2.27 bits per heavy atom. The van der Waals surface area contributed by atoms with Gasteiger partial charge in [0.25, 0.3) is 0 Å². The second kappa shape index (κ2) is 9.56. The van der Waals surface area contributed by atoms with Gasteiger partial charge in [-0.1, -0.05) is 42.8 Å². The van der Waals surface area contributed by atoms with Crippen molar-refractivity contribution >= 4 is 40.7 Å². The zero-order valence-corrected chi connectivity index (χ0v) is 24.8. The lowest BCUT2D eigenvalue weighted by atomic mass is 9.78. The first-order valence-electron chi connectivity index (χ1n) is 14.6. The highest BCUT2D eigenvalue weighted by Crippen LogP contribution is 2.41. The van der Waals surface area contributed by atoms with E-state index in [4.69, 9.17) is 19.0 Å². The maximum atomic E-state index is 12.9. The van der Waals surface area contributed by atoms with Gasteiger partial charge in [-0.25, -0.2) is 0 Å². The van der Waals surface area contributed by atoms with Gasteiger partial charge in [0.1, 0.15) is 5.60 Å². The van der Waals surface area contributed by atoms with E-state index in [0.717, 1.165) is 47.9 Å². The molecule has 1 saturated carbocycles. The Morgan fingerprint density at radius 1 is 0.900 bits per heavy atom. The van der Waals surface area contributed by atoms with E-state index in [1.165, 1.54) is 22.1 Å². The van der Waals surface area contributed by atoms with Crippen LogP contribution in [-0.2, 0) is 25.3 Å². The molecule has 3 aromatic carbocycles. The summed E-state index contributed by atoms with van der Waals surface area (Å²) in [6, 6.07) is 19.6. The molecule has 6 heteroatoms. The predicted octanol–water partition coefficient (Wildman–Crippen LogP) is 7.19. The molecule has 2 atom stereocenters. The summed E-state index contributed by atoms with van der Waals surface area (Å²) < 4.78 is 18.3. The first kappa shape index (κ1) is 27.2. The monoisotopic (exact) mass is 537 g/mol.